The Morgan fingerprint density at radius 1 is 1.44 bits per heavy atom. The molecule has 0 radical (unpaired) electrons. The average Bonchev–Trinajstić information content (AvgIpc) is 2.14. The Bertz CT molecular complexity index is 391. The van der Waals surface area contributed by atoms with Gasteiger partial charge in [-0.25, -0.2) is 13.2 Å². The number of hydrogen-bond acceptors (Lipinski definition) is 1. The molecule has 1 atom stereocenters. The zero-order chi connectivity index (χ0) is 12.3. The van der Waals surface area contributed by atoms with Gasteiger partial charge in [0.05, 0.1) is 12.3 Å². The van der Waals surface area contributed by atoms with E-state index in [9.17, 15) is 18.0 Å². The lowest BCUT2D eigenvalue weighted by molar-refractivity contribution is -0.138. The minimum atomic E-state index is -2.78. The number of aliphatic carboxylic acids is 1. The molecule has 1 aromatic carbocycles. The Balaban J connectivity index is 3.05. The molecule has 0 aliphatic heterocycles. The van der Waals surface area contributed by atoms with E-state index in [0.29, 0.717) is 5.56 Å². The van der Waals surface area contributed by atoms with Crippen molar-refractivity contribution in [3.63, 3.8) is 0 Å². The van der Waals surface area contributed by atoms with Crippen molar-refractivity contribution in [2.24, 2.45) is 0 Å². The van der Waals surface area contributed by atoms with Crippen molar-refractivity contribution in [2.75, 3.05) is 0 Å². The molecule has 1 N–H and O–H groups in total. The number of carboxylic acids is 1. The summed E-state index contributed by atoms with van der Waals surface area (Å²) in [7, 11) is 0. The minimum absolute atomic E-state index is 0.179. The van der Waals surface area contributed by atoms with Gasteiger partial charge in [0.2, 0.25) is 6.43 Å². The summed E-state index contributed by atoms with van der Waals surface area (Å²) in [5, 5.41) is 8.53. The summed E-state index contributed by atoms with van der Waals surface area (Å²) >= 11 is 0. The Labute approximate surface area is 90.7 Å². The fraction of sp³-hybridized carbons (Fsp3) is 0.364. The van der Waals surface area contributed by atoms with Crippen molar-refractivity contribution in [1.29, 1.82) is 0 Å². The second-order valence-electron chi connectivity index (χ2n) is 3.54. The predicted octanol–water partition coefficient (Wildman–Crippen LogP) is 2.96. The maximum Gasteiger partial charge on any atom is 0.304 e. The van der Waals surface area contributed by atoms with Crippen molar-refractivity contribution in [1.82, 2.24) is 0 Å². The monoisotopic (exact) mass is 232 g/mol. The largest absolute Gasteiger partial charge is 0.481 e. The molecule has 1 unspecified atom stereocenters. The van der Waals surface area contributed by atoms with Gasteiger partial charge in [0.25, 0.3) is 0 Å². The number of carbonyl (C=O) groups is 1. The van der Waals surface area contributed by atoms with Gasteiger partial charge in [-0.05, 0) is 30.2 Å². The summed E-state index contributed by atoms with van der Waals surface area (Å²) in [5.74, 6) is -3.21. The van der Waals surface area contributed by atoms with Gasteiger partial charge in [-0.2, -0.15) is 0 Å². The molecule has 0 spiro atoms. The third kappa shape index (κ3) is 2.98. The number of benzene rings is 1. The summed E-state index contributed by atoms with van der Waals surface area (Å²) < 4.78 is 38.1. The Morgan fingerprint density at radius 3 is 2.50 bits per heavy atom. The highest BCUT2D eigenvalue weighted by Gasteiger charge is 2.26. The molecule has 0 aliphatic rings. The summed E-state index contributed by atoms with van der Waals surface area (Å²) in [6, 6.07) is 3.39. The first-order valence-electron chi connectivity index (χ1n) is 4.67. The van der Waals surface area contributed by atoms with Crippen molar-refractivity contribution >= 4 is 5.97 Å². The SMILES string of the molecule is Cc1cc(F)ccc1C(CC(=O)O)C(F)F. The van der Waals surface area contributed by atoms with Gasteiger partial charge < -0.3 is 5.11 Å². The summed E-state index contributed by atoms with van der Waals surface area (Å²) in [6.45, 7) is 1.48. The molecule has 0 heterocycles. The van der Waals surface area contributed by atoms with Crippen molar-refractivity contribution < 1.29 is 23.1 Å². The molecule has 16 heavy (non-hydrogen) atoms. The standard InChI is InChI=1S/C11H11F3O2/c1-6-4-7(12)2-3-8(6)9(11(13)14)5-10(15)16/h2-4,9,11H,5H2,1H3,(H,15,16). The van der Waals surface area contributed by atoms with Gasteiger partial charge in [-0.1, -0.05) is 6.07 Å². The number of hydrogen-bond donors (Lipinski definition) is 1. The number of aryl methyl sites for hydroxylation is 1. The van der Waals surface area contributed by atoms with Crippen molar-refractivity contribution in [2.45, 2.75) is 25.7 Å². The molecular formula is C11H11F3O2. The van der Waals surface area contributed by atoms with Crippen LogP contribution in [0.4, 0.5) is 13.2 Å². The van der Waals surface area contributed by atoms with E-state index < -0.39 is 30.6 Å². The van der Waals surface area contributed by atoms with Crippen molar-refractivity contribution in [3.05, 3.63) is 35.1 Å². The van der Waals surface area contributed by atoms with Crippen LogP contribution in [0, 0.1) is 12.7 Å². The lowest BCUT2D eigenvalue weighted by Gasteiger charge is -2.16. The van der Waals surface area contributed by atoms with Crippen LogP contribution in [-0.2, 0) is 4.79 Å². The highest BCUT2D eigenvalue weighted by Crippen LogP contribution is 2.29. The average molecular weight is 232 g/mol. The molecule has 0 aromatic heterocycles. The molecule has 2 nitrogen and oxygen atoms in total. The van der Waals surface area contributed by atoms with E-state index >= 15 is 0 Å². The number of alkyl halides is 2. The fourth-order valence-corrected chi connectivity index (χ4v) is 1.58. The van der Waals surface area contributed by atoms with Crippen LogP contribution in [0.2, 0.25) is 0 Å². The Hall–Kier alpha value is -1.52. The van der Waals surface area contributed by atoms with E-state index in [2.05, 4.69) is 0 Å². The third-order valence-corrected chi connectivity index (χ3v) is 2.33. The van der Waals surface area contributed by atoms with Gasteiger partial charge in [-0.3, -0.25) is 4.79 Å². The lowest BCUT2D eigenvalue weighted by atomic mass is 9.92. The zero-order valence-electron chi connectivity index (χ0n) is 8.58. The first kappa shape index (κ1) is 12.5. The molecule has 0 bridgehead atoms. The maximum atomic E-state index is 12.8. The first-order chi connectivity index (χ1) is 7.41. The molecule has 5 heteroatoms. The first-order valence-corrected chi connectivity index (χ1v) is 4.67. The molecule has 88 valence electrons. The van der Waals surface area contributed by atoms with Gasteiger partial charge in [-0.15, -0.1) is 0 Å². The highest BCUT2D eigenvalue weighted by molar-refractivity contribution is 5.68. The van der Waals surface area contributed by atoms with E-state index in [1.54, 1.807) is 0 Å². The van der Waals surface area contributed by atoms with Crippen LogP contribution in [0.15, 0.2) is 18.2 Å². The van der Waals surface area contributed by atoms with E-state index in [1.165, 1.54) is 13.0 Å². The molecule has 0 amide bonds. The van der Waals surface area contributed by atoms with E-state index in [0.717, 1.165) is 12.1 Å². The van der Waals surface area contributed by atoms with Crippen LogP contribution in [0.5, 0.6) is 0 Å². The molecule has 0 fully saturated rings. The molecule has 0 saturated heterocycles. The van der Waals surface area contributed by atoms with E-state index in [1.807, 2.05) is 0 Å². The van der Waals surface area contributed by atoms with Crippen LogP contribution >= 0.6 is 0 Å². The van der Waals surface area contributed by atoms with Gasteiger partial charge in [0.1, 0.15) is 5.82 Å². The molecule has 1 rings (SSSR count). The molecule has 1 aromatic rings. The quantitative estimate of drug-likeness (QED) is 0.866. The van der Waals surface area contributed by atoms with Gasteiger partial charge in [0, 0.05) is 0 Å². The summed E-state index contributed by atoms with van der Waals surface area (Å²) in [5.41, 5.74) is 0.519. The molecule has 0 saturated carbocycles. The number of rotatable bonds is 4. The normalized spacial score (nSPS) is 12.8. The summed E-state index contributed by atoms with van der Waals surface area (Å²) in [6.07, 6.45) is -3.44. The van der Waals surface area contributed by atoms with E-state index in [4.69, 9.17) is 5.11 Å². The van der Waals surface area contributed by atoms with Gasteiger partial charge >= 0.3 is 5.97 Å². The smallest absolute Gasteiger partial charge is 0.304 e. The predicted molar refractivity (Wildman–Crippen MR) is 52.1 cm³/mol. The van der Waals surface area contributed by atoms with Crippen LogP contribution in [0.3, 0.4) is 0 Å². The van der Waals surface area contributed by atoms with E-state index in [-0.39, 0.29) is 5.56 Å². The van der Waals surface area contributed by atoms with Gasteiger partial charge in [0.15, 0.2) is 0 Å². The second-order valence-corrected chi connectivity index (χ2v) is 3.54. The minimum Gasteiger partial charge on any atom is -0.481 e. The Kier molecular flexibility index (Phi) is 3.93. The molecule has 0 aliphatic carbocycles. The number of carboxylic acid groups (broad SMARTS) is 1. The third-order valence-electron chi connectivity index (χ3n) is 2.33. The van der Waals surface area contributed by atoms with Crippen LogP contribution < -0.4 is 0 Å². The van der Waals surface area contributed by atoms with Crippen LogP contribution in [-0.4, -0.2) is 17.5 Å². The Morgan fingerprint density at radius 2 is 2.06 bits per heavy atom. The fourth-order valence-electron chi connectivity index (χ4n) is 1.58. The molecular weight excluding hydrogens is 221 g/mol. The highest BCUT2D eigenvalue weighted by atomic mass is 19.3. The second kappa shape index (κ2) is 5.01. The number of halogens is 3. The maximum absolute atomic E-state index is 12.8. The zero-order valence-corrected chi connectivity index (χ0v) is 8.58. The lowest BCUT2D eigenvalue weighted by Crippen LogP contribution is -2.15. The topological polar surface area (TPSA) is 37.3 Å². The van der Waals surface area contributed by atoms with Crippen LogP contribution in [0.1, 0.15) is 23.5 Å². The van der Waals surface area contributed by atoms with Crippen molar-refractivity contribution in [3.8, 4) is 0 Å². The summed E-state index contributed by atoms with van der Waals surface area (Å²) in [4.78, 5) is 10.5. The van der Waals surface area contributed by atoms with Crippen LogP contribution in [0.25, 0.3) is 0 Å².